The number of rotatable bonds is 6. The zero-order valence-electron chi connectivity index (χ0n) is 16.7. The summed E-state index contributed by atoms with van der Waals surface area (Å²) in [5.41, 5.74) is 0.841. The van der Waals surface area contributed by atoms with Crippen molar-refractivity contribution in [3.05, 3.63) is 98.8 Å². The van der Waals surface area contributed by atoms with E-state index in [0.29, 0.717) is 11.3 Å². The molecule has 0 aliphatic rings. The normalized spacial score (nSPS) is 11.5. The molecule has 0 aliphatic carbocycles. The first-order valence-corrected chi connectivity index (χ1v) is 9.37. The van der Waals surface area contributed by atoms with Gasteiger partial charge in [0.15, 0.2) is 0 Å². The van der Waals surface area contributed by atoms with Crippen molar-refractivity contribution in [3.63, 3.8) is 0 Å². The lowest BCUT2D eigenvalue weighted by molar-refractivity contribution is -0.132. The van der Waals surface area contributed by atoms with E-state index in [1.54, 1.807) is 43.4 Å². The number of likely N-dealkylation sites (N-methyl/N-ethyl adjacent to an activating group) is 1. The lowest BCUT2D eigenvalue weighted by atomic mass is 10.1. The third-order valence-corrected chi connectivity index (χ3v) is 4.84. The highest BCUT2D eigenvalue weighted by Gasteiger charge is 2.19. The summed E-state index contributed by atoms with van der Waals surface area (Å²) in [5.74, 6) is -0.516. The number of aromatic amines is 1. The summed E-state index contributed by atoms with van der Waals surface area (Å²) in [7, 11) is 1.64. The van der Waals surface area contributed by atoms with Gasteiger partial charge in [-0.05, 0) is 36.8 Å². The van der Waals surface area contributed by atoms with Gasteiger partial charge in [-0.15, -0.1) is 0 Å². The van der Waals surface area contributed by atoms with Gasteiger partial charge in [-0.25, -0.2) is 4.79 Å². The molecule has 0 saturated heterocycles. The van der Waals surface area contributed by atoms with Crippen LogP contribution in [-0.2, 0) is 11.3 Å². The van der Waals surface area contributed by atoms with E-state index in [0.717, 1.165) is 10.1 Å². The smallest absolute Gasteiger partial charge is 0.328 e. The number of benzene rings is 2. The minimum atomic E-state index is -0.637. The Kier molecular flexibility index (Phi) is 6.26. The van der Waals surface area contributed by atoms with Crippen molar-refractivity contribution in [2.24, 2.45) is 0 Å². The van der Waals surface area contributed by atoms with Crippen molar-refractivity contribution in [2.75, 3.05) is 12.4 Å². The van der Waals surface area contributed by atoms with E-state index in [9.17, 15) is 19.2 Å². The molecule has 2 N–H and O–H groups in total. The second-order valence-electron chi connectivity index (χ2n) is 6.86. The molecule has 0 unspecified atom stereocenters. The Morgan fingerprint density at radius 3 is 2.50 bits per heavy atom. The number of anilines is 1. The molecule has 0 aliphatic heterocycles. The van der Waals surface area contributed by atoms with Crippen LogP contribution in [0.2, 0.25) is 0 Å². The van der Waals surface area contributed by atoms with Crippen molar-refractivity contribution in [3.8, 4) is 0 Å². The van der Waals surface area contributed by atoms with Gasteiger partial charge in [0.2, 0.25) is 5.91 Å². The fraction of sp³-hybridized carbons (Fsp3) is 0.182. The van der Waals surface area contributed by atoms with Gasteiger partial charge in [0, 0.05) is 30.6 Å². The Labute approximate surface area is 172 Å². The minimum Gasteiger partial charge on any atom is -0.337 e. The summed E-state index contributed by atoms with van der Waals surface area (Å²) in [5, 5.41) is 2.85. The summed E-state index contributed by atoms with van der Waals surface area (Å²) < 4.78 is 1.14. The minimum absolute atomic E-state index is 0.194. The molecule has 1 atom stereocenters. The Morgan fingerprint density at radius 2 is 1.80 bits per heavy atom. The summed E-state index contributed by atoms with van der Waals surface area (Å²) in [6.45, 7) is 1.66. The third kappa shape index (κ3) is 4.91. The van der Waals surface area contributed by atoms with E-state index in [1.807, 2.05) is 25.1 Å². The van der Waals surface area contributed by atoms with Crippen molar-refractivity contribution >= 4 is 17.5 Å². The lowest BCUT2D eigenvalue weighted by Crippen LogP contribution is -2.37. The molecule has 30 heavy (non-hydrogen) atoms. The van der Waals surface area contributed by atoms with Gasteiger partial charge in [0.25, 0.3) is 11.5 Å². The highest BCUT2D eigenvalue weighted by Crippen LogP contribution is 2.22. The van der Waals surface area contributed by atoms with Crippen molar-refractivity contribution in [1.82, 2.24) is 14.5 Å². The maximum absolute atomic E-state index is 12.6. The molecule has 3 aromatic rings. The second kappa shape index (κ2) is 9.04. The molecule has 0 saturated carbocycles. The fourth-order valence-electron chi connectivity index (χ4n) is 2.93. The van der Waals surface area contributed by atoms with Crippen LogP contribution in [0.4, 0.5) is 5.69 Å². The first-order valence-electron chi connectivity index (χ1n) is 9.37. The Hall–Kier alpha value is -3.94. The molecule has 8 nitrogen and oxygen atoms in total. The van der Waals surface area contributed by atoms with E-state index in [-0.39, 0.29) is 24.4 Å². The van der Waals surface area contributed by atoms with Crippen LogP contribution in [0.25, 0.3) is 0 Å². The molecule has 154 valence electrons. The topological polar surface area (TPSA) is 104 Å². The molecule has 0 bridgehead atoms. The number of H-pyrrole nitrogens is 1. The van der Waals surface area contributed by atoms with Crippen LogP contribution < -0.4 is 16.6 Å². The van der Waals surface area contributed by atoms with Gasteiger partial charge >= 0.3 is 5.69 Å². The quantitative estimate of drug-likeness (QED) is 0.653. The summed E-state index contributed by atoms with van der Waals surface area (Å²) in [6.07, 6.45) is 1.29. The molecule has 0 spiro atoms. The van der Waals surface area contributed by atoms with Gasteiger partial charge in [-0.1, -0.05) is 30.3 Å². The molecule has 8 heteroatoms. The van der Waals surface area contributed by atoms with Crippen LogP contribution in [0.15, 0.2) is 76.4 Å². The molecule has 0 fully saturated rings. The van der Waals surface area contributed by atoms with Crippen LogP contribution in [0, 0.1) is 0 Å². The molecular formula is C22H22N4O4. The van der Waals surface area contributed by atoms with Crippen LogP contribution in [0.3, 0.4) is 0 Å². The molecule has 2 amide bonds. The maximum Gasteiger partial charge on any atom is 0.328 e. The molecular weight excluding hydrogens is 384 g/mol. The fourth-order valence-corrected chi connectivity index (χ4v) is 2.93. The number of nitrogens with zero attached hydrogens (tertiary/aromatic N) is 2. The molecule has 2 aromatic carbocycles. The highest BCUT2D eigenvalue weighted by atomic mass is 16.2. The van der Waals surface area contributed by atoms with E-state index >= 15 is 0 Å². The van der Waals surface area contributed by atoms with Crippen LogP contribution >= 0.6 is 0 Å². The lowest BCUT2D eigenvalue weighted by Gasteiger charge is -2.26. The average molecular weight is 406 g/mol. The molecule has 1 heterocycles. The number of carbonyl (C=O) groups is 2. The first kappa shape index (κ1) is 20.8. The Bertz CT molecular complexity index is 1170. The van der Waals surface area contributed by atoms with Crippen LogP contribution in [0.1, 0.15) is 28.9 Å². The van der Waals surface area contributed by atoms with Crippen molar-refractivity contribution in [1.29, 1.82) is 0 Å². The van der Waals surface area contributed by atoms with E-state index in [4.69, 9.17) is 0 Å². The first-order chi connectivity index (χ1) is 14.3. The maximum atomic E-state index is 12.6. The van der Waals surface area contributed by atoms with Gasteiger partial charge in [-0.3, -0.25) is 23.9 Å². The van der Waals surface area contributed by atoms with Gasteiger partial charge in [0.05, 0.1) is 6.04 Å². The molecule has 1 aromatic heterocycles. The van der Waals surface area contributed by atoms with Crippen LogP contribution in [-0.4, -0.2) is 33.3 Å². The average Bonchev–Trinajstić information content (AvgIpc) is 2.75. The standard InChI is InChI=1S/C22H22N4O4/c1-15(25(2)20(28)14-26-12-11-19(27)24-22(26)30)17-9-6-10-18(13-17)23-21(29)16-7-4-3-5-8-16/h3-13,15H,14H2,1-2H3,(H,23,29)(H,24,27,30)/t15-/m1/s1. The number of aromatic nitrogens is 2. The Balaban J connectivity index is 1.71. The predicted octanol–water partition coefficient (Wildman–Crippen LogP) is 2.01. The SMILES string of the molecule is C[C@H](c1cccc(NC(=O)c2ccccc2)c1)N(C)C(=O)Cn1ccc(=O)[nH]c1=O. The van der Waals surface area contributed by atoms with E-state index in [2.05, 4.69) is 10.3 Å². The van der Waals surface area contributed by atoms with Crippen molar-refractivity contribution in [2.45, 2.75) is 19.5 Å². The second-order valence-corrected chi connectivity index (χ2v) is 6.86. The van der Waals surface area contributed by atoms with Gasteiger partial charge < -0.3 is 10.2 Å². The highest BCUT2D eigenvalue weighted by molar-refractivity contribution is 6.04. The van der Waals surface area contributed by atoms with Crippen LogP contribution in [0.5, 0.6) is 0 Å². The Morgan fingerprint density at radius 1 is 1.07 bits per heavy atom. The number of hydrogen-bond acceptors (Lipinski definition) is 4. The summed E-state index contributed by atoms with van der Waals surface area (Å²) in [4.78, 5) is 51.6. The predicted molar refractivity (Wildman–Crippen MR) is 113 cm³/mol. The number of carbonyl (C=O) groups excluding carboxylic acids is 2. The number of amides is 2. The zero-order chi connectivity index (χ0) is 21.7. The molecule has 0 radical (unpaired) electrons. The van der Waals surface area contributed by atoms with E-state index < -0.39 is 11.2 Å². The summed E-state index contributed by atoms with van der Waals surface area (Å²) in [6, 6.07) is 17.0. The van der Waals surface area contributed by atoms with E-state index in [1.165, 1.54) is 17.2 Å². The number of hydrogen-bond donors (Lipinski definition) is 2. The largest absolute Gasteiger partial charge is 0.337 e. The third-order valence-electron chi connectivity index (χ3n) is 4.84. The van der Waals surface area contributed by atoms with Gasteiger partial charge in [-0.2, -0.15) is 0 Å². The summed E-state index contributed by atoms with van der Waals surface area (Å²) >= 11 is 0. The monoisotopic (exact) mass is 406 g/mol. The number of nitrogens with one attached hydrogen (secondary N) is 2. The molecule has 3 rings (SSSR count). The van der Waals surface area contributed by atoms with Gasteiger partial charge in [0.1, 0.15) is 6.54 Å². The zero-order valence-corrected chi connectivity index (χ0v) is 16.7. The van der Waals surface area contributed by atoms with Crippen molar-refractivity contribution < 1.29 is 9.59 Å².